The number of nitrogens with zero attached hydrogens (tertiary/aromatic N) is 2. The molecule has 132 valence electrons. The molecule has 4 heteroatoms. The molecular weight excluding hydrogens is 324 g/mol. The minimum absolute atomic E-state index is 0.0857. The molecule has 0 saturated carbocycles. The number of para-hydroxylation sites is 1. The number of fused-ring (bicyclic) bond motifs is 2. The van der Waals surface area contributed by atoms with Crippen molar-refractivity contribution in [3.63, 3.8) is 0 Å². The molecule has 4 nitrogen and oxygen atoms in total. The van der Waals surface area contributed by atoms with Gasteiger partial charge in [0.05, 0.1) is 12.6 Å². The molecule has 0 fully saturated rings. The fourth-order valence-corrected chi connectivity index (χ4v) is 4.05. The van der Waals surface area contributed by atoms with E-state index >= 15 is 0 Å². The molecule has 2 aromatic carbocycles. The van der Waals surface area contributed by atoms with E-state index < -0.39 is 0 Å². The molecule has 0 amide bonds. The lowest BCUT2D eigenvalue weighted by atomic mass is 9.88. The number of ether oxygens (including phenoxy) is 1. The molecule has 0 N–H and O–H groups in total. The second-order valence-electron chi connectivity index (χ2n) is 6.73. The zero-order chi connectivity index (χ0) is 18.1. The lowest BCUT2D eigenvalue weighted by Gasteiger charge is -2.38. The smallest absolute Gasteiger partial charge is 0.151 e. The maximum Gasteiger partial charge on any atom is 0.151 e. The molecule has 0 radical (unpaired) electrons. The van der Waals surface area contributed by atoms with Crippen LogP contribution >= 0.6 is 0 Å². The van der Waals surface area contributed by atoms with Gasteiger partial charge in [0, 0.05) is 48.9 Å². The maximum atomic E-state index is 11.9. The fraction of sp³-hybridized carbons (Fsp3) is 0.273. The predicted octanol–water partition coefficient (Wildman–Crippen LogP) is 3.60. The number of rotatable bonds is 4. The van der Waals surface area contributed by atoms with Crippen LogP contribution < -0.4 is 0 Å². The van der Waals surface area contributed by atoms with Crippen molar-refractivity contribution < 1.29 is 9.53 Å². The van der Waals surface area contributed by atoms with Crippen LogP contribution in [0, 0.1) is 0 Å². The van der Waals surface area contributed by atoms with Crippen LogP contribution in [0.1, 0.15) is 22.7 Å². The average molecular weight is 346 g/mol. The second kappa shape index (κ2) is 6.83. The topological polar surface area (TPSA) is 34.5 Å². The molecule has 1 aliphatic rings. The highest BCUT2D eigenvalue weighted by Gasteiger charge is 2.32. The molecule has 3 aromatic rings. The lowest BCUT2D eigenvalue weighted by Crippen LogP contribution is -2.35. The monoisotopic (exact) mass is 346 g/mol. The van der Waals surface area contributed by atoms with Gasteiger partial charge < -0.3 is 14.2 Å². The molecule has 1 unspecified atom stereocenters. The van der Waals surface area contributed by atoms with Crippen LogP contribution in [-0.4, -0.2) is 35.7 Å². The van der Waals surface area contributed by atoms with Crippen molar-refractivity contribution in [3.8, 4) is 0 Å². The van der Waals surface area contributed by atoms with E-state index in [0.717, 1.165) is 12.0 Å². The standard InChI is InChI=1S/C22H22N2O2/c1-23-14-19(18-9-5-6-10-20(18)23)21-13-16-7-3-4-8-17(16)22(15-25)24(21)11-12-26-2/h3-10,14,21H,11-13H2,1-2H3. The van der Waals surface area contributed by atoms with Crippen molar-refractivity contribution in [2.24, 2.45) is 7.05 Å². The number of aryl methyl sites for hydroxylation is 1. The molecule has 0 bridgehead atoms. The Morgan fingerprint density at radius 2 is 1.92 bits per heavy atom. The van der Waals surface area contributed by atoms with E-state index in [9.17, 15) is 4.79 Å². The van der Waals surface area contributed by atoms with E-state index in [0.29, 0.717) is 18.8 Å². The Balaban J connectivity index is 1.89. The van der Waals surface area contributed by atoms with Crippen molar-refractivity contribution >= 4 is 22.5 Å². The van der Waals surface area contributed by atoms with Crippen molar-refractivity contribution in [2.75, 3.05) is 20.3 Å². The summed E-state index contributed by atoms with van der Waals surface area (Å²) in [6.07, 6.45) is 3.05. The lowest BCUT2D eigenvalue weighted by molar-refractivity contribution is 0.154. The largest absolute Gasteiger partial charge is 0.383 e. The summed E-state index contributed by atoms with van der Waals surface area (Å²) >= 11 is 0. The van der Waals surface area contributed by atoms with Crippen LogP contribution in [-0.2, 0) is 23.0 Å². The number of methoxy groups -OCH3 is 1. The highest BCUT2D eigenvalue weighted by Crippen LogP contribution is 2.40. The molecule has 0 aliphatic carbocycles. The van der Waals surface area contributed by atoms with E-state index in [-0.39, 0.29) is 6.04 Å². The molecule has 2 heterocycles. The first-order valence-electron chi connectivity index (χ1n) is 8.87. The van der Waals surface area contributed by atoms with Gasteiger partial charge in [-0.15, -0.1) is 0 Å². The number of carbonyl (C=O) groups excluding carboxylic acids is 1. The third-order valence-corrected chi connectivity index (χ3v) is 5.27. The van der Waals surface area contributed by atoms with Crippen LogP contribution in [0.3, 0.4) is 0 Å². The predicted molar refractivity (Wildman–Crippen MR) is 103 cm³/mol. The number of hydrogen-bond acceptors (Lipinski definition) is 3. The number of benzene rings is 2. The first-order valence-corrected chi connectivity index (χ1v) is 8.87. The summed E-state index contributed by atoms with van der Waals surface area (Å²) in [6, 6.07) is 16.6. The van der Waals surface area contributed by atoms with Crippen LogP contribution in [0.25, 0.3) is 16.6 Å². The maximum absolute atomic E-state index is 11.9. The van der Waals surface area contributed by atoms with Crippen molar-refractivity contribution in [1.82, 2.24) is 9.47 Å². The summed E-state index contributed by atoms with van der Waals surface area (Å²) in [5.74, 6) is 2.20. The Hall–Kier alpha value is -2.81. The molecule has 0 saturated heterocycles. The second-order valence-corrected chi connectivity index (χ2v) is 6.73. The SMILES string of the molecule is COCCN1C(=C=O)c2ccccc2CC1c1cn(C)c2ccccc12. The minimum atomic E-state index is 0.0857. The van der Waals surface area contributed by atoms with Gasteiger partial charge in [0.1, 0.15) is 5.70 Å². The van der Waals surface area contributed by atoms with Gasteiger partial charge >= 0.3 is 0 Å². The summed E-state index contributed by atoms with van der Waals surface area (Å²) < 4.78 is 7.47. The van der Waals surface area contributed by atoms with Gasteiger partial charge in [0.2, 0.25) is 0 Å². The van der Waals surface area contributed by atoms with Crippen LogP contribution in [0.15, 0.2) is 54.7 Å². The summed E-state index contributed by atoms with van der Waals surface area (Å²) in [6.45, 7) is 1.22. The highest BCUT2D eigenvalue weighted by molar-refractivity contribution is 5.90. The third-order valence-electron chi connectivity index (χ3n) is 5.27. The Labute approximate surface area is 153 Å². The summed E-state index contributed by atoms with van der Waals surface area (Å²) in [5, 5.41) is 1.23. The van der Waals surface area contributed by atoms with E-state index in [2.05, 4.69) is 59.0 Å². The van der Waals surface area contributed by atoms with Gasteiger partial charge in [-0.25, -0.2) is 4.79 Å². The van der Waals surface area contributed by atoms with Crippen LogP contribution in [0.5, 0.6) is 0 Å². The Morgan fingerprint density at radius 1 is 1.15 bits per heavy atom. The Kier molecular flexibility index (Phi) is 4.37. The van der Waals surface area contributed by atoms with E-state index in [1.807, 2.05) is 18.2 Å². The van der Waals surface area contributed by atoms with E-state index in [1.54, 1.807) is 7.11 Å². The highest BCUT2D eigenvalue weighted by atomic mass is 16.5. The first-order chi connectivity index (χ1) is 12.7. The van der Waals surface area contributed by atoms with Crippen LogP contribution in [0.2, 0.25) is 0 Å². The minimum Gasteiger partial charge on any atom is -0.383 e. The first kappa shape index (κ1) is 16.6. The molecular formula is C22H22N2O2. The molecule has 4 rings (SSSR count). The zero-order valence-corrected chi connectivity index (χ0v) is 15.1. The van der Waals surface area contributed by atoms with Gasteiger partial charge in [-0.1, -0.05) is 42.5 Å². The summed E-state index contributed by atoms with van der Waals surface area (Å²) in [5.41, 5.74) is 5.24. The van der Waals surface area contributed by atoms with Gasteiger partial charge in [-0.2, -0.15) is 0 Å². The Bertz CT molecular complexity index is 998. The summed E-state index contributed by atoms with van der Waals surface area (Å²) in [7, 11) is 3.76. The van der Waals surface area contributed by atoms with Crippen molar-refractivity contribution in [1.29, 1.82) is 0 Å². The van der Waals surface area contributed by atoms with Gasteiger partial charge in [-0.3, -0.25) is 0 Å². The van der Waals surface area contributed by atoms with Gasteiger partial charge in [-0.05, 0) is 18.1 Å². The molecule has 26 heavy (non-hydrogen) atoms. The molecule has 1 aromatic heterocycles. The fourth-order valence-electron chi connectivity index (χ4n) is 4.05. The van der Waals surface area contributed by atoms with Gasteiger partial charge in [0.25, 0.3) is 0 Å². The van der Waals surface area contributed by atoms with E-state index in [4.69, 9.17) is 4.74 Å². The quantitative estimate of drug-likeness (QED) is 0.677. The third kappa shape index (κ3) is 2.64. The molecule has 0 spiro atoms. The average Bonchev–Trinajstić information content (AvgIpc) is 3.02. The van der Waals surface area contributed by atoms with Crippen LogP contribution in [0.4, 0.5) is 0 Å². The molecule has 1 aliphatic heterocycles. The van der Waals surface area contributed by atoms with E-state index in [1.165, 1.54) is 22.0 Å². The number of aromatic nitrogens is 1. The van der Waals surface area contributed by atoms with Crippen molar-refractivity contribution in [3.05, 3.63) is 71.4 Å². The molecule has 1 atom stereocenters. The number of hydrogen-bond donors (Lipinski definition) is 0. The Morgan fingerprint density at radius 3 is 2.73 bits per heavy atom. The normalized spacial score (nSPS) is 16.6. The van der Waals surface area contributed by atoms with Gasteiger partial charge in [0.15, 0.2) is 5.94 Å². The summed E-state index contributed by atoms with van der Waals surface area (Å²) in [4.78, 5) is 14.0. The van der Waals surface area contributed by atoms with Crippen molar-refractivity contribution in [2.45, 2.75) is 12.5 Å². The zero-order valence-electron chi connectivity index (χ0n) is 15.1.